The zero-order valence-electron chi connectivity index (χ0n) is 14.1. The van der Waals surface area contributed by atoms with Crippen molar-refractivity contribution < 1.29 is 14.3 Å². The van der Waals surface area contributed by atoms with Crippen LogP contribution in [0.25, 0.3) is 0 Å². The highest BCUT2D eigenvalue weighted by Gasteiger charge is 2.40. The minimum Gasteiger partial charge on any atom is -0.379 e. The number of morpholine rings is 1. The Labute approximate surface area is 146 Å². The number of nitrogens with two attached hydrogens (primary N) is 1. The smallest absolute Gasteiger partial charge is 0.248 e. The predicted molar refractivity (Wildman–Crippen MR) is 94.5 cm³/mol. The van der Waals surface area contributed by atoms with Crippen LogP contribution < -0.4 is 10.6 Å². The number of carbonyl (C=O) groups excluding carboxylic acids is 2. The number of anilines is 1. The molecule has 0 aliphatic carbocycles. The van der Waals surface area contributed by atoms with E-state index < -0.39 is 10.7 Å². The Hall–Kier alpha value is -1.57. The van der Waals surface area contributed by atoms with E-state index in [1.165, 1.54) is 11.8 Å². The van der Waals surface area contributed by atoms with Crippen LogP contribution in [-0.2, 0) is 9.53 Å². The van der Waals surface area contributed by atoms with Gasteiger partial charge in [-0.25, -0.2) is 0 Å². The number of hydrogen-bond donors (Lipinski definition) is 1. The Kier molecular flexibility index (Phi) is 4.85. The van der Waals surface area contributed by atoms with Gasteiger partial charge in [-0.1, -0.05) is 0 Å². The van der Waals surface area contributed by atoms with E-state index in [-0.39, 0.29) is 5.91 Å². The second-order valence-corrected chi connectivity index (χ2v) is 8.23. The van der Waals surface area contributed by atoms with E-state index in [1.807, 2.05) is 19.9 Å². The van der Waals surface area contributed by atoms with Gasteiger partial charge in [-0.3, -0.25) is 14.5 Å². The van der Waals surface area contributed by atoms with Gasteiger partial charge in [0.05, 0.1) is 23.6 Å². The molecule has 1 saturated heterocycles. The Balaban J connectivity index is 1.86. The lowest BCUT2D eigenvalue weighted by atomic mass is 10.1. The molecule has 2 aliphatic heterocycles. The fourth-order valence-corrected chi connectivity index (χ4v) is 4.17. The summed E-state index contributed by atoms with van der Waals surface area (Å²) in [7, 11) is 0. The van der Waals surface area contributed by atoms with Gasteiger partial charge in [-0.2, -0.15) is 0 Å². The first-order chi connectivity index (χ1) is 11.4. The molecule has 0 spiro atoms. The van der Waals surface area contributed by atoms with Crippen molar-refractivity contribution in [2.45, 2.75) is 23.5 Å². The van der Waals surface area contributed by atoms with Crippen LogP contribution in [0.3, 0.4) is 0 Å². The number of rotatable bonds is 4. The largest absolute Gasteiger partial charge is 0.379 e. The topological polar surface area (TPSA) is 75.9 Å². The van der Waals surface area contributed by atoms with E-state index >= 15 is 0 Å². The van der Waals surface area contributed by atoms with Crippen molar-refractivity contribution in [2.75, 3.05) is 44.3 Å². The van der Waals surface area contributed by atoms with E-state index in [0.29, 0.717) is 12.1 Å². The number of fused-ring (bicyclic) bond motifs is 1. The molecule has 3 rings (SSSR count). The van der Waals surface area contributed by atoms with Crippen molar-refractivity contribution >= 4 is 29.3 Å². The lowest BCUT2D eigenvalue weighted by molar-refractivity contribution is -0.120. The Morgan fingerprint density at radius 2 is 2.00 bits per heavy atom. The molecule has 2 N–H and O–H groups in total. The summed E-state index contributed by atoms with van der Waals surface area (Å²) >= 11 is 1.53. The molecule has 2 aliphatic rings. The predicted octanol–water partition coefficient (Wildman–Crippen LogP) is 1.33. The molecule has 130 valence electrons. The zero-order chi connectivity index (χ0) is 17.3. The maximum absolute atomic E-state index is 12.9. The van der Waals surface area contributed by atoms with Gasteiger partial charge in [-0.15, -0.1) is 11.8 Å². The lowest BCUT2D eigenvalue weighted by Crippen LogP contribution is -2.50. The fourth-order valence-electron chi connectivity index (χ4n) is 3.01. The first kappa shape index (κ1) is 17.3. The molecule has 7 heteroatoms. The van der Waals surface area contributed by atoms with Crippen LogP contribution in [0.5, 0.6) is 0 Å². The number of primary amides is 1. The van der Waals surface area contributed by atoms with E-state index in [4.69, 9.17) is 10.5 Å². The van der Waals surface area contributed by atoms with Crippen LogP contribution in [0.1, 0.15) is 24.2 Å². The third kappa shape index (κ3) is 3.43. The second-order valence-electron chi connectivity index (χ2n) is 6.57. The van der Waals surface area contributed by atoms with Gasteiger partial charge in [0.1, 0.15) is 0 Å². The number of ether oxygens (including phenoxy) is 1. The minimum atomic E-state index is -0.522. The summed E-state index contributed by atoms with van der Waals surface area (Å²) in [6.07, 6.45) is 0. The third-order valence-corrected chi connectivity index (χ3v) is 5.65. The van der Waals surface area contributed by atoms with E-state index in [2.05, 4.69) is 4.90 Å². The van der Waals surface area contributed by atoms with Crippen LogP contribution in [0.15, 0.2) is 23.1 Å². The summed E-state index contributed by atoms with van der Waals surface area (Å²) in [5, 5.41) is 0. The first-order valence-corrected chi connectivity index (χ1v) is 8.95. The SMILES string of the molecule is CC1(C)Sc2ccc(C(N)=O)cc2N(CCN2CCOCC2)C1=O. The average Bonchev–Trinajstić information content (AvgIpc) is 2.55. The molecule has 0 aromatic heterocycles. The van der Waals surface area contributed by atoms with Gasteiger partial charge >= 0.3 is 0 Å². The van der Waals surface area contributed by atoms with Gasteiger partial charge in [0, 0.05) is 36.6 Å². The van der Waals surface area contributed by atoms with Crippen molar-refractivity contribution in [1.29, 1.82) is 0 Å². The molecule has 0 radical (unpaired) electrons. The van der Waals surface area contributed by atoms with E-state index in [9.17, 15) is 9.59 Å². The van der Waals surface area contributed by atoms with Gasteiger partial charge in [0.25, 0.3) is 0 Å². The van der Waals surface area contributed by atoms with Crippen LogP contribution in [-0.4, -0.2) is 60.9 Å². The molecular weight excluding hydrogens is 326 g/mol. The van der Waals surface area contributed by atoms with Crippen molar-refractivity contribution in [3.8, 4) is 0 Å². The highest BCUT2D eigenvalue weighted by atomic mass is 32.2. The maximum atomic E-state index is 12.9. The lowest BCUT2D eigenvalue weighted by Gasteiger charge is -2.39. The molecule has 6 nitrogen and oxygen atoms in total. The normalized spacial score (nSPS) is 20.8. The molecule has 0 bridgehead atoms. The van der Waals surface area contributed by atoms with Crippen LogP contribution >= 0.6 is 11.8 Å². The highest BCUT2D eigenvalue weighted by Crippen LogP contribution is 2.45. The number of nitrogens with zero attached hydrogens (tertiary/aromatic N) is 2. The molecule has 0 saturated carbocycles. The number of hydrogen-bond acceptors (Lipinski definition) is 5. The molecule has 2 amide bonds. The minimum absolute atomic E-state index is 0.0647. The van der Waals surface area contributed by atoms with Crippen molar-refractivity contribution in [2.24, 2.45) is 5.73 Å². The van der Waals surface area contributed by atoms with Crippen molar-refractivity contribution in [3.63, 3.8) is 0 Å². The molecular formula is C17H23N3O3S. The quantitative estimate of drug-likeness (QED) is 0.888. The standard InChI is InChI=1S/C17H23N3O3S/c1-17(2)16(22)20(6-5-19-7-9-23-10-8-19)13-11-12(15(18)21)3-4-14(13)24-17/h3-4,11H,5-10H2,1-2H3,(H2,18,21). The summed E-state index contributed by atoms with van der Waals surface area (Å²) in [5.41, 5.74) is 6.61. The Morgan fingerprint density at radius 3 is 2.67 bits per heavy atom. The molecule has 2 heterocycles. The summed E-state index contributed by atoms with van der Waals surface area (Å²) in [6.45, 7) is 8.49. The van der Waals surface area contributed by atoms with Crippen LogP contribution in [0, 0.1) is 0 Å². The zero-order valence-corrected chi connectivity index (χ0v) is 14.9. The van der Waals surface area contributed by atoms with Crippen LogP contribution in [0.2, 0.25) is 0 Å². The number of carbonyl (C=O) groups is 2. The van der Waals surface area contributed by atoms with E-state index in [1.54, 1.807) is 17.0 Å². The van der Waals surface area contributed by atoms with Gasteiger partial charge in [0.15, 0.2) is 0 Å². The highest BCUT2D eigenvalue weighted by molar-refractivity contribution is 8.01. The first-order valence-electron chi connectivity index (χ1n) is 8.13. The molecule has 1 aromatic rings. The van der Waals surface area contributed by atoms with Gasteiger partial charge in [-0.05, 0) is 32.0 Å². The van der Waals surface area contributed by atoms with Crippen LogP contribution in [0.4, 0.5) is 5.69 Å². The third-order valence-electron chi connectivity index (χ3n) is 4.40. The van der Waals surface area contributed by atoms with Crippen molar-refractivity contribution in [3.05, 3.63) is 23.8 Å². The van der Waals surface area contributed by atoms with Crippen molar-refractivity contribution in [1.82, 2.24) is 4.90 Å². The summed E-state index contributed by atoms with van der Waals surface area (Å²) in [5.74, 6) is -0.414. The second kappa shape index (κ2) is 6.74. The molecule has 24 heavy (non-hydrogen) atoms. The molecule has 1 fully saturated rings. The number of thioether (sulfide) groups is 1. The molecule has 0 unspecified atom stereocenters. The Bertz CT molecular complexity index is 656. The number of amides is 2. The van der Waals surface area contributed by atoms with Gasteiger partial charge in [0.2, 0.25) is 11.8 Å². The summed E-state index contributed by atoms with van der Waals surface area (Å²) in [4.78, 5) is 29.5. The van der Waals surface area contributed by atoms with Gasteiger partial charge < -0.3 is 15.4 Å². The summed E-state index contributed by atoms with van der Waals surface area (Å²) in [6, 6.07) is 5.34. The molecule has 0 atom stereocenters. The van der Waals surface area contributed by atoms with E-state index in [0.717, 1.165) is 43.4 Å². The number of benzene rings is 1. The average molecular weight is 349 g/mol. The molecule has 1 aromatic carbocycles. The fraction of sp³-hybridized carbons (Fsp3) is 0.529. The maximum Gasteiger partial charge on any atom is 0.248 e. The Morgan fingerprint density at radius 1 is 1.29 bits per heavy atom. The summed E-state index contributed by atoms with van der Waals surface area (Å²) < 4.78 is 4.85. The monoisotopic (exact) mass is 349 g/mol.